The summed E-state index contributed by atoms with van der Waals surface area (Å²) in [6, 6.07) is 17.0. The van der Waals surface area contributed by atoms with Crippen molar-refractivity contribution in [3.8, 4) is 22.9 Å². The third-order valence-electron chi connectivity index (χ3n) is 4.53. The van der Waals surface area contributed by atoms with Gasteiger partial charge in [0.2, 0.25) is 0 Å². The van der Waals surface area contributed by atoms with Crippen LogP contribution in [0.2, 0.25) is 5.02 Å². The van der Waals surface area contributed by atoms with Gasteiger partial charge >= 0.3 is 5.97 Å². The fourth-order valence-electron chi connectivity index (χ4n) is 2.38. The van der Waals surface area contributed by atoms with Crippen LogP contribution in [0.15, 0.2) is 48.5 Å². The van der Waals surface area contributed by atoms with Crippen molar-refractivity contribution in [1.29, 1.82) is 5.26 Å². The number of ether oxygens (including phenoxy) is 2. The number of hydrogen-bond acceptors (Lipinski definition) is 5. The first-order chi connectivity index (χ1) is 13.7. The van der Waals surface area contributed by atoms with Gasteiger partial charge in [-0.2, -0.15) is 5.26 Å². The summed E-state index contributed by atoms with van der Waals surface area (Å²) in [5, 5.41) is 12.1. The molecule has 0 heterocycles. The van der Waals surface area contributed by atoms with E-state index in [2.05, 4.69) is 11.4 Å². The zero-order valence-corrected chi connectivity index (χ0v) is 17.3. The van der Waals surface area contributed by atoms with Gasteiger partial charge in [-0.15, -0.1) is 0 Å². The smallest absolute Gasteiger partial charge is 0.344 e. The van der Waals surface area contributed by atoms with Gasteiger partial charge in [0.05, 0.1) is 11.1 Å². The minimum absolute atomic E-state index is 0.100. The zero-order chi connectivity index (χ0) is 21.4. The Morgan fingerprint density at radius 3 is 2.41 bits per heavy atom. The number of esters is 1. The molecule has 2 aromatic rings. The van der Waals surface area contributed by atoms with Crippen molar-refractivity contribution in [1.82, 2.24) is 5.32 Å². The van der Waals surface area contributed by atoms with Gasteiger partial charge in [-0.1, -0.05) is 61.8 Å². The van der Waals surface area contributed by atoms with Crippen molar-refractivity contribution >= 4 is 23.5 Å². The molecule has 6 nitrogen and oxygen atoms in total. The molecule has 1 N–H and O–H groups in total. The van der Waals surface area contributed by atoms with Crippen LogP contribution in [-0.2, 0) is 14.3 Å². The van der Waals surface area contributed by atoms with E-state index in [0.29, 0.717) is 10.8 Å². The van der Waals surface area contributed by atoms with Gasteiger partial charge in [0.15, 0.2) is 13.2 Å². The SMILES string of the molecule is CC(C)[C@@](C)(C#N)NC(=O)COC(=O)COc1ccc(-c2ccccc2)cc1Cl. The number of rotatable bonds is 8. The first-order valence-corrected chi connectivity index (χ1v) is 9.48. The lowest BCUT2D eigenvalue weighted by Gasteiger charge is -2.27. The Balaban J connectivity index is 1.85. The van der Waals surface area contributed by atoms with Gasteiger partial charge in [0.1, 0.15) is 11.3 Å². The Labute approximate surface area is 175 Å². The standard InChI is InChI=1S/C22H23ClN2O4/c1-15(2)22(3,14-24)25-20(26)12-29-21(27)13-28-19-10-9-17(11-18(19)23)16-7-5-4-6-8-16/h4-11,15H,12-13H2,1-3H3,(H,25,26)/t22-/m1/s1. The Kier molecular flexibility index (Phi) is 7.63. The van der Waals surface area contributed by atoms with Crippen LogP contribution in [0.5, 0.6) is 5.75 Å². The lowest BCUT2D eigenvalue weighted by Crippen LogP contribution is -2.50. The lowest BCUT2D eigenvalue weighted by atomic mass is 9.90. The number of hydrogen-bond donors (Lipinski definition) is 1. The highest BCUT2D eigenvalue weighted by molar-refractivity contribution is 6.32. The van der Waals surface area contributed by atoms with E-state index in [1.165, 1.54) is 0 Å². The Bertz CT molecular complexity index is 909. The van der Waals surface area contributed by atoms with Gasteiger partial charge in [-0.3, -0.25) is 4.79 Å². The fraction of sp³-hybridized carbons (Fsp3) is 0.318. The number of nitrogens with zero attached hydrogens (tertiary/aromatic N) is 1. The summed E-state index contributed by atoms with van der Waals surface area (Å²) in [5.74, 6) is -1.03. The molecule has 1 amide bonds. The van der Waals surface area contributed by atoms with E-state index in [-0.39, 0.29) is 5.92 Å². The molecule has 0 radical (unpaired) electrons. The molecule has 0 unspecified atom stereocenters. The van der Waals surface area contributed by atoms with E-state index in [1.807, 2.05) is 50.2 Å². The fourth-order valence-corrected chi connectivity index (χ4v) is 2.61. The number of nitrogens with one attached hydrogen (secondary N) is 1. The van der Waals surface area contributed by atoms with Crippen molar-refractivity contribution in [3.63, 3.8) is 0 Å². The minimum atomic E-state index is -1.03. The Morgan fingerprint density at radius 2 is 1.83 bits per heavy atom. The third-order valence-corrected chi connectivity index (χ3v) is 4.83. The van der Waals surface area contributed by atoms with Crippen molar-refractivity contribution < 1.29 is 19.1 Å². The Morgan fingerprint density at radius 1 is 1.14 bits per heavy atom. The van der Waals surface area contributed by atoms with Crippen LogP contribution in [0.1, 0.15) is 20.8 Å². The molecule has 2 aromatic carbocycles. The van der Waals surface area contributed by atoms with Crippen LogP contribution in [0, 0.1) is 17.2 Å². The first kappa shape index (κ1) is 22.3. The predicted octanol–water partition coefficient (Wildman–Crippen LogP) is 3.98. The molecule has 0 aromatic heterocycles. The van der Waals surface area contributed by atoms with Crippen molar-refractivity contribution in [2.24, 2.45) is 5.92 Å². The summed E-state index contributed by atoms with van der Waals surface area (Å²) < 4.78 is 10.3. The summed E-state index contributed by atoms with van der Waals surface area (Å²) >= 11 is 6.24. The summed E-state index contributed by atoms with van der Waals surface area (Å²) in [4.78, 5) is 23.8. The van der Waals surface area contributed by atoms with Crippen LogP contribution < -0.4 is 10.1 Å². The monoisotopic (exact) mass is 414 g/mol. The second-order valence-corrected chi connectivity index (χ2v) is 7.38. The van der Waals surface area contributed by atoms with E-state index in [1.54, 1.807) is 19.1 Å². The van der Waals surface area contributed by atoms with Crippen molar-refractivity contribution in [3.05, 3.63) is 53.6 Å². The van der Waals surface area contributed by atoms with Gasteiger partial charge in [0.25, 0.3) is 5.91 Å². The molecule has 7 heteroatoms. The van der Waals surface area contributed by atoms with Crippen molar-refractivity contribution in [2.45, 2.75) is 26.3 Å². The normalized spacial score (nSPS) is 12.6. The zero-order valence-electron chi connectivity index (χ0n) is 16.6. The highest BCUT2D eigenvalue weighted by atomic mass is 35.5. The maximum absolute atomic E-state index is 11.9. The van der Waals surface area contributed by atoms with E-state index < -0.39 is 30.6 Å². The van der Waals surface area contributed by atoms with Crippen LogP contribution >= 0.6 is 11.6 Å². The van der Waals surface area contributed by atoms with Gasteiger partial charge in [-0.05, 0) is 36.1 Å². The third kappa shape index (κ3) is 6.23. The molecule has 0 saturated carbocycles. The molecule has 152 valence electrons. The largest absolute Gasteiger partial charge is 0.480 e. The molecule has 0 fully saturated rings. The highest BCUT2D eigenvalue weighted by Crippen LogP contribution is 2.30. The maximum Gasteiger partial charge on any atom is 0.344 e. The van der Waals surface area contributed by atoms with Crippen LogP contribution in [0.25, 0.3) is 11.1 Å². The molecule has 0 bridgehead atoms. The topological polar surface area (TPSA) is 88.4 Å². The number of carbonyl (C=O) groups is 2. The molecule has 0 aliphatic carbocycles. The van der Waals surface area contributed by atoms with E-state index >= 15 is 0 Å². The minimum Gasteiger partial charge on any atom is -0.480 e. The number of amides is 1. The number of halogens is 1. The van der Waals surface area contributed by atoms with Gasteiger partial charge in [-0.25, -0.2) is 4.79 Å². The molecule has 0 saturated heterocycles. The van der Waals surface area contributed by atoms with E-state index in [9.17, 15) is 14.9 Å². The number of benzene rings is 2. The Hall–Kier alpha value is -3.04. The average Bonchev–Trinajstić information content (AvgIpc) is 2.71. The highest BCUT2D eigenvalue weighted by Gasteiger charge is 2.30. The first-order valence-electron chi connectivity index (χ1n) is 9.11. The van der Waals surface area contributed by atoms with Crippen molar-refractivity contribution in [2.75, 3.05) is 13.2 Å². The second-order valence-electron chi connectivity index (χ2n) is 6.98. The quantitative estimate of drug-likeness (QED) is 0.660. The number of carbonyl (C=O) groups excluding carboxylic acids is 2. The molecular formula is C22H23ClN2O4. The van der Waals surface area contributed by atoms with E-state index in [4.69, 9.17) is 21.1 Å². The number of nitriles is 1. The lowest BCUT2D eigenvalue weighted by molar-refractivity contribution is -0.150. The predicted molar refractivity (Wildman–Crippen MR) is 110 cm³/mol. The molecule has 0 aliphatic rings. The van der Waals surface area contributed by atoms with Crippen LogP contribution in [-0.4, -0.2) is 30.6 Å². The van der Waals surface area contributed by atoms with Crippen LogP contribution in [0.4, 0.5) is 0 Å². The molecule has 0 spiro atoms. The maximum atomic E-state index is 11.9. The molecule has 2 rings (SSSR count). The summed E-state index contributed by atoms with van der Waals surface area (Å²) in [6.45, 7) is 4.36. The molecular weight excluding hydrogens is 392 g/mol. The van der Waals surface area contributed by atoms with E-state index in [0.717, 1.165) is 11.1 Å². The summed E-state index contributed by atoms with van der Waals surface area (Å²) in [5.41, 5.74) is 0.901. The molecule has 29 heavy (non-hydrogen) atoms. The second kappa shape index (κ2) is 9.94. The molecule has 1 atom stereocenters. The summed E-state index contributed by atoms with van der Waals surface area (Å²) in [6.07, 6.45) is 0. The van der Waals surface area contributed by atoms with Crippen LogP contribution in [0.3, 0.4) is 0 Å². The molecule has 0 aliphatic heterocycles. The average molecular weight is 415 g/mol. The summed E-state index contributed by atoms with van der Waals surface area (Å²) in [7, 11) is 0. The van der Waals surface area contributed by atoms with Gasteiger partial charge in [0, 0.05) is 0 Å². The van der Waals surface area contributed by atoms with Gasteiger partial charge < -0.3 is 14.8 Å².